The highest BCUT2D eigenvalue weighted by atomic mass is 16.3. The van der Waals surface area contributed by atoms with Gasteiger partial charge < -0.3 is 10.4 Å². The molecule has 0 saturated heterocycles. The Morgan fingerprint density at radius 1 is 0.913 bits per heavy atom. The molecule has 4 bridgehead atoms. The minimum atomic E-state index is 0.354. The molecular formula is C21H25NO. The number of hydrogen-bond donors (Lipinski definition) is 2. The van der Waals surface area contributed by atoms with Crippen molar-refractivity contribution in [2.45, 2.75) is 50.6 Å². The van der Waals surface area contributed by atoms with Gasteiger partial charge in [0.1, 0.15) is 5.75 Å². The molecule has 0 amide bonds. The molecule has 0 unspecified atom stereocenters. The highest BCUT2D eigenvalue weighted by Gasteiger charge is 2.50. The van der Waals surface area contributed by atoms with Crippen LogP contribution in [0.2, 0.25) is 0 Å². The van der Waals surface area contributed by atoms with Gasteiger partial charge in [-0.1, -0.05) is 36.4 Å². The number of aromatic hydroxyl groups is 1. The van der Waals surface area contributed by atoms with Gasteiger partial charge in [-0.3, -0.25) is 0 Å². The summed E-state index contributed by atoms with van der Waals surface area (Å²) >= 11 is 0. The highest BCUT2D eigenvalue weighted by molar-refractivity contribution is 5.89. The van der Waals surface area contributed by atoms with E-state index in [2.05, 4.69) is 23.5 Å². The average molecular weight is 307 g/mol. The maximum absolute atomic E-state index is 10.6. The molecule has 0 spiro atoms. The summed E-state index contributed by atoms with van der Waals surface area (Å²) in [5.41, 5.74) is 1.40. The average Bonchev–Trinajstić information content (AvgIpc) is 2.53. The van der Waals surface area contributed by atoms with Crippen molar-refractivity contribution in [3.63, 3.8) is 0 Å². The van der Waals surface area contributed by atoms with Crippen LogP contribution < -0.4 is 5.32 Å². The Balaban J connectivity index is 1.39. The van der Waals surface area contributed by atoms with Gasteiger partial charge in [-0.15, -0.1) is 0 Å². The number of phenolic OH excluding ortho intramolecular Hbond substituents is 1. The molecule has 4 aliphatic carbocycles. The fourth-order valence-corrected chi connectivity index (χ4v) is 6.05. The van der Waals surface area contributed by atoms with Crippen molar-refractivity contribution < 1.29 is 5.11 Å². The maximum atomic E-state index is 10.6. The van der Waals surface area contributed by atoms with Crippen LogP contribution in [0.4, 0.5) is 0 Å². The summed E-state index contributed by atoms with van der Waals surface area (Å²) in [6, 6.07) is 12.3. The SMILES string of the molecule is Oc1c(CNC23CC4CC(CC(C4)C2)C3)ccc2ccccc12. The molecule has 0 aliphatic heterocycles. The van der Waals surface area contributed by atoms with Crippen molar-refractivity contribution in [3.8, 4) is 5.75 Å². The lowest BCUT2D eigenvalue weighted by Gasteiger charge is -2.57. The minimum Gasteiger partial charge on any atom is -0.507 e. The van der Waals surface area contributed by atoms with Crippen LogP contribution in [0.1, 0.15) is 44.1 Å². The van der Waals surface area contributed by atoms with Crippen molar-refractivity contribution in [2.24, 2.45) is 17.8 Å². The minimum absolute atomic E-state index is 0.354. The molecule has 4 fully saturated rings. The van der Waals surface area contributed by atoms with Gasteiger partial charge in [0, 0.05) is 23.0 Å². The molecular weight excluding hydrogens is 282 g/mol. The molecule has 4 aliphatic rings. The Morgan fingerprint density at radius 2 is 1.57 bits per heavy atom. The Hall–Kier alpha value is -1.54. The fraction of sp³-hybridized carbons (Fsp3) is 0.524. The van der Waals surface area contributed by atoms with Gasteiger partial charge in [0.05, 0.1) is 0 Å². The van der Waals surface area contributed by atoms with E-state index in [1.807, 2.05) is 18.2 Å². The van der Waals surface area contributed by atoms with E-state index in [4.69, 9.17) is 0 Å². The van der Waals surface area contributed by atoms with E-state index in [0.29, 0.717) is 11.3 Å². The quantitative estimate of drug-likeness (QED) is 0.868. The van der Waals surface area contributed by atoms with E-state index in [0.717, 1.165) is 40.6 Å². The number of rotatable bonds is 3. The van der Waals surface area contributed by atoms with Gasteiger partial charge in [0.2, 0.25) is 0 Å². The van der Waals surface area contributed by atoms with Crippen molar-refractivity contribution in [1.29, 1.82) is 0 Å². The van der Waals surface area contributed by atoms with Gasteiger partial charge in [-0.2, -0.15) is 0 Å². The molecule has 2 heteroatoms. The predicted molar refractivity (Wildman–Crippen MR) is 93.4 cm³/mol. The van der Waals surface area contributed by atoms with Crippen LogP contribution in [0.5, 0.6) is 5.75 Å². The molecule has 0 radical (unpaired) electrons. The molecule has 23 heavy (non-hydrogen) atoms. The van der Waals surface area contributed by atoms with Gasteiger partial charge in [0.15, 0.2) is 0 Å². The third-order valence-corrected chi connectivity index (χ3v) is 6.68. The van der Waals surface area contributed by atoms with Crippen LogP contribution in [0.15, 0.2) is 36.4 Å². The molecule has 6 rings (SSSR count). The molecule has 4 saturated carbocycles. The molecule has 2 aromatic rings. The zero-order valence-electron chi connectivity index (χ0n) is 13.6. The lowest BCUT2D eigenvalue weighted by atomic mass is 9.53. The van der Waals surface area contributed by atoms with Crippen LogP contribution in [0.25, 0.3) is 10.8 Å². The lowest BCUT2D eigenvalue weighted by molar-refractivity contribution is -0.0206. The van der Waals surface area contributed by atoms with Crippen LogP contribution in [0.3, 0.4) is 0 Å². The second kappa shape index (κ2) is 4.98. The van der Waals surface area contributed by atoms with E-state index in [9.17, 15) is 5.11 Å². The van der Waals surface area contributed by atoms with Crippen molar-refractivity contribution in [3.05, 3.63) is 42.0 Å². The van der Waals surface area contributed by atoms with Gasteiger partial charge >= 0.3 is 0 Å². The Kier molecular flexibility index (Phi) is 3.00. The Bertz CT molecular complexity index is 715. The number of phenols is 1. The van der Waals surface area contributed by atoms with Gasteiger partial charge in [-0.05, 0) is 61.7 Å². The maximum Gasteiger partial charge on any atom is 0.127 e. The fourth-order valence-electron chi connectivity index (χ4n) is 6.05. The molecule has 0 atom stereocenters. The predicted octanol–water partition coefficient (Wildman–Crippen LogP) is 4.60. The second-order valence-corrected chi connectivity index (χ2v) is 8.35. The number of hydrogen-bond acceptors (Lipinski definition) is 2. The first-order valence-electron chi connectivity index (χ1n) is 9.15. The molecule has 120 valence electrons. The lowest BCUT2D eigenvalue weighted by Crippen LogP contribution is -2.58. The highest BCUT2D eigenvalue weighted by Crippen LogP contribution is 2.55. The van der Waals surface area contributed by atoms with E-state index >= 15 is 0 Å². The number of nitrogens with one attached hydrogen (secondary N) is 1. The molecule has 0 heterocycles. The number of fused-ring (bicyclic) bond motifs is 1. The normalized spacial score (nSPS) is 35.0. The smallest absolute Gasteiger partial charge is 0.127 e. The van der Waals surface area contributed by atoms with Gasteiger partial charge in [0.25, 0.3) is 0 Å². The number of benzene rings is 2. The van der Waals surface area contributed by atoms with E-state index < -0.39 is 0 Å². The molecule has 2 N–H and O–H groups in total. The first-order valence-corrected chi connectivity index (χ1v) is 9.15. The summed E-state index contributed by atoms with van der Waals surface area (Å²) in [4.78, 5) is 0. The van der Waals surface area contributed by atoms with Crippen LogP contribution in [-0.2, 0) is 6.54 Å². The first-order chi connectivity index (χ1) is 11.2. The summed E-state index contributed by atoms with van der Waals surface area (Å²) in [5.74, 6) is 3.33. The van der Waals surface area contributed by atoms with Crippen LogP contribution in [0, 0.1) is 17.8 Å². The summed E-state index contributed by atoms with van der Waals surface area (Å²) in [5, 5.41) is 16.6. The molecule has 2 nitrogen and oxygen atoms in total. The van der Waals surface area contributed by atoms with E-state index in [1.165, 1.54) is 38.5 Å². The van der Waals surface area contributed by atoms with Crippen molar-refractivity contribution >= 4 is 10.8 Å². The standard InChI is InChI=1S/C21H25NO/c23-20-18(6-5-17-3-1-2-4-19(17)20)13-22-21-10-14-7-15(11-21)9-16(8-14)12-21/h1-6,14-16,22-23H,7-13H2. The third-order valence-electron chi connectivity index (χ3n) is 6.68. The summed E-state index contributed by atoms with van der Waals surface area (Å²) < 4.78 is 0. The van der Waals surface area contributed by atoms with E-state index in [1.54, 1.807) is 0 Å². The van der Waals surface area contributed by atoms with Crippen molar-refractivity contribution in [1.82, 2.24) is 5.32 Å². The van der Waals surface area contributed by atoms with E-state index in [-0.39, 0.29) is 0 Å². The third kappa shape index (κ3) is 2.27. The zero-order valence-corrected chi connectivity index (χ0v) is 13.6. The summed E-state index contributed by atoms with van der Waals surface area (Å²) in [7, 11) is 0. The largest absolute Gasteiger partial charge is 0.507 e. The van der Waals surface area contributed by atoms with Crippen LogP contribution >= 0.6 is 0 Å². The molecule has 2 aromatic carbocycles. The van der Waals surface area contributed by atoms with Crippen LogP contribution in [-0.4, -0.2) is 10.6 Å². The second-order valence-electron chi connectivity index (χ2n) is 8.35. The Labute approximate surface area is 137 Å². The topological polar surface area (TPSA) is 32.3 Å². The summed E-state index contributed by atoms with van der Waals surface area (Å²) in [6.45, 7) is 0.794. The zero-order chi connectivity index (χ0) is 15.4. The Morgan fingerprint density at radius 3 is 2.26 bits per heavy atom. The molecule has 0 aromatic heterocycles. The first kappa shape index (κ1) is 13.9. The van der Waals surface area contributed by atoms with Crippen molar-refractivity contribution in [2.75, 3.05) is 0 Å². The summed E-state index contributed by atoms with van der Waals surface area (Å²) in [6.07, 6.45) is 8.49. The monoisotopic (exact) mass is 307 g/mol. The van der Waals surface area contributed by atoms with Gasteiger partial charge in [-0.25, -0.2) is 0 Å².